The van der Waals surface area contributed by atoms with Crippen LogP contribution in [0.15, 0.2) is 41.4 Å². The van der Waals surface area contributed by atoms with Gasteiger partial charge in [0, 0.05) is 0 Å². The van der Waals surface area contributed by atoms with Crippen molar-refractivity contribution in [2.45, 2.75) is 0 Å². The summed E-state index contributed by atoms with van der Waals surface area (Å²) in [7, 11) is 0. The third-order valence-corrected chi connectivity index (χ3v) is 1.50. The van der Waals surface area contributed by atoms with Gasteiger partial charge in [0.25, 0.3) is 0 Å². The highest BCUT2D eigenvalue weighted by Gasteiger charge is 1.80. The van der Waals surface area contributed by atoms with E-state index in [1.165, 1.54) is 5.56 Å². The van der Waals surface area contributed by atoms with Crippen molar-refractivity contribution >= 4 is 23.5 Å². The average Bonchev–Trinajstić information content (AvgIpc) is 2.14. The molecule has 0 aliphatic heterocycles. The summed E-state index contributed by atoms with van der Waals surface area (Å²) in [6.07, 6.45) is 3.96. The first-order chi connectivity index (χ1) is 5.93. The summed E-state index contributed by atoms with van der Waals surface area (Å²) in [6.45, 7) is 0.610. The highest BCUT2D eigenvalue weighted by molar-refractivity contribution is 7.78. The lowest BCUT2D eigenvalue weighted by molar-refractivity contribution is 1.28. The van der Waals surface area contributed by atoms with E-state index in [4.69, 9.17) is 0 Å². The number of rotatable bonds is 3. The van der Waals surface area contributed by atoms with Crippen LogP contribution in [0.3, 0.4) is 0 Å². The Kier molecular flexibility index (Phi) is 4.00. The molecule has 0 aliphatic rings. The molecule has 0 heterocycles. The van der Waals surface area contributed by atoms with Crippen LogP contribution in [0.4, 0.5) is 0 Å². The van der Waals surface area contributed by atoms with E-state index in [0.717, 1.165) is 0 Å². The van der Waals surface area contributed by atoms with Crippen LogP contribution in [-0.2, 0) is 0 Å². The molecule has 0 N–H and O–H groups in total. The zero-order valence-corrected chi connectivity index (χ0v) is 7.42. The first-order valence-electron chi connectivity index (χ1n) is 3.68. The molecule has 0 radical (unpaired) electrons. The number of isothiocyanates is 1. The number of aliphatic imine (C=N–C) groups is 1. The Hall–Kier alpha value is -1.24. The minimum Gasteiger partial charge on any atom is -0.228 e. The molecule has 0 saturated heterocycles. The fraction of sp³-hybridized carbons (Fsp3) is 0.100. The Morgan fingerprint density at radius 3 is 2.75 bits per heavy atom. The maximum atomic E-state index is 4.43. The third-order valence-electron chi connectivity index (χ3n) is 1.37. The molecule has 1 rings (SSSR count). The Morgan fingerprint density at radius 1 is 1.33 bits per heavy atom. The Balaban J connectivity index is 2.52. The topological polar surface area (TPSA) is 12.4 Å². The molecule has 2 heteroatoms. The number of hydrogen-bond acceptors (Lipinski definition) is 2. The minimum absolute atomic E-state index is 0.610. The van der Waals surface area contributed by atoms with Gasteiger partial charge in [-0.3, -0.25) is 0 Å². The van der Waals surface area contributed by atoms with Crippen LogP contribution in [-0.4, -0.2) is 11.7 Å². The molecule has 0 aromatic heterocycles. The lowest BCUT2D eigenvalue weighted by atomic mass is 10.2. The molecule has 0 bridgehead atoms. The molecule has 1 aromatic rings. The van der Waals surface area contributed by atoms with Crippen molar-refractivity contribution < 1.29 is 0 Å². The highest BCUT2D eigenvalue weighted by Crippen LogP contribution is 2.00. The van der Waals surface area contributed by atoms with E-state index < -0.39 is 0 Å². The van der Waals surface area contributed by atoms with Crippen LogP contribution in [0.5, 0.6) is 0 Å². The van der Waals surface area contributed by atoms with E-state index in [-0.39, 0.29) is 0 Å². The molecule has 0 fully saturated rings. The van der Waals surface area contributed by atoms with Gasteiger partial charge in [0.05, 0.1) is 11.7 Å². The Bertz CT molecular complexity index is 297. The van der Waals surface area contributed by atoms with E-state index >= 15 is 0 Å². The maximum Gasteiger partial charge on any atom is 0.0677 e. The second-order valence-electron chi connectivity index (χ2n) is 2.25. The van der Waals surface area contributed by atoms with Crippen molar-refractivity contribution in [1.29, 1.82) is 0 Å². The van der Waals surface area contributed by atoms with E-state index in [1.54, 1.807) is 0 Å². The highest BCUT2D eigenvalue weighted by atomic mass is 32.1. The zero-order valence-electron chi connectivity index (χ0n) is 6.60. The van der Waals surface area contributed by atoms with Gasteiger partial charge in [0.1, 0.15) is 0 Å². The third kappa shape index (κ3) is 3.24. The van der Waals surface area contributed by atoms with Gasteiger partial charge in [-0.05, 0) is 17.8 Å². The van der Waals surface area contributed by atoms with E-state index in [1.807, 2.05) is 42.5 Å². The maximum absolute atomic E-state index is 4.43. The van der Waals surface area contributed by atoms with Crippen LogP contribution < -0.4 is 0 Å². The zero-order chi connectivity index (χ0) is 8.65. The smallest absolute Gasteiger partial charge is 0.0677 e. The fourth-order valence-corrected chi connectivity index (χ4v) is 0.917. The molecule has 0 saturated carbocycles. The Labute approximate surface area is 77.5 Å². The molecule has 0 unspecified atom stereocenters. The van der Waals surface area contributed by atoms with Crippen LogP contribution in [0.2, 0.25) is 0 Å². The van der Waals surface area contributed by atoms with Crippen molar-refractivity contribution in [3.8, 4) is 0 Å². The SMILES string of the molecule is S=C=NC/C=C/c1ccccc1. The molecule has 0 amide bonds. The standard InChI is InChI=1S/C10H9NS/c12-9-11-8-4-7-10-5-2-1-3-6-10/h1-7H,8H2/b7-4+. The molecule has 1 nitrogen and oxygen atoms in total. The summed E-state index contributed by atoms with van der Waals surface area (Å²) in [5.74, 6) is 0. The van der Waals surface area contributed by atoms with Gasteiger partial charge < -0.3 is 0 Å². The van der Waals surface area contributed by atoms with Gasteiger partial charge in [-0.1, -0.05) is 42.5 Å². The van der Waals surface area contributed by atoms with E-state index in [0.29, 0.717) is 6.54 Å². The molecular formula is C10H9NS. The van der Waals surface area contributed by atoms with Crippen LogP contribution in [0.1, 0.15) is 5.56 Å². The van der Waals surface area contributed by atoms with Gasteiger partial charge >= 0.3 is 0 Å². The lowest BCUT2D eigenvalue weighted by Crippen LogP contribution is -1.71. The van der Waals surface area contributed by atoms with Gasteiger partial charge in [0.15, 0.2) is 0 Å². The fourth-order valence-electron chi connectivity index (χ4n) is 0.843. The molecular weight excluding hydrogens is 166 g/mol. The van der Waals surface area contributed by atoms with Crippen LogP contribution in [0.25, 0.3) is 6.08 Å². The van der Waals surface area contributed by atoms with Crippen molar-refractivity contribution in [3.05, 3.63) is 42.0 Å². The first-order valence-corrected chi connectivity index (χ1v) is 4.09. The number of thiocarbonyl (C=S) groups is 1. The Morgan fingerprint density at radius 2 is 2.08 bits per heavy atom. The van der Waals surface area contributed by atoms with Crippen LogP contribution >= 0.6 is 12.2 Å². The number of benzene rings is 1. The average molecular weight is 175 g/mol. The minimum atomic E-state index is 0.610. The number of nitrogens with zero attached hydrogens (tertiary/aromatic N) is 1. The second-order valence-corrected chi connectivity index (χ2v) is 2.43. The second kappa shape index (κ2) is 5.42. The van der Waals surface area contributed by atoms with Gasteiger partial charge in [-0.2, -0.15) is 0 Å². The molecule has 0 aliphatic carbocycles. The molecule has 0 spiro atoms. The quantitative estimate of drug-likeness (QED) is 0.508. The normalized spacial score (nSPS) is 9.67. The predicted molar refractivity (Wildman–Crippen MR) is 55.4 cm³/mol. The summed E-state index contributed by atoms with van der Waals surface area (Å²) >= 11 is 4.43. The summed E-state index contributed by atoms with van der Waals surface area (Å²) in [5.41, 5.74) is 1.18. The van der Waals surface area contributed by atoms with Gasteiger partial charge in [0.2, 0.25) is 0 Å². The van der Waals surface area contributed by atoms with Crippen molar-refractivity contribution in [2.24, 2.45) is 4.99 Å². The van der Waals surface area contributed by atoms with Crippen molar-refractivity contribution in [2.75, 3.05) is 6.54 Å². The van der Waals surface area contributed by atoms with Crippen molar-refractivity contribution in [1.82, 2.24) is 0 Å². The first kappa shape index (κ1) is 8.85. The largest absolute Gasteiger partial charge is 0.228 e. The number of hydrogen-bond donors (Lipinski definition) is 0. The van der Waals surface area contributed by atoms with Gasteiger partial charge in [-0.25, -0.2) is 4.99 Å². The monoisotopic (exact) mass is 175 g/mol. The summed E-state index contributed by atoms with van der Waals surface area (Å²) in [5, 5.41) is 2.31. The molecule has 60 valence electrons. The lowest BCUT2D eigenvalue weighted by Gasteiger charge is -1.88. The van der Waals surface area contributed by atoms with E-state index in [2.05, 4.69) is 22.4 Å². The summed E-state index contributed by atoms with van der Waals surface area (Å²) in [4.78, 5) is 3.76. The molecule has 12 heavy (non-hydrogen) atoms. The van der Waals surface area contributed by atoms with Crippen molar-refractivity contribution in [3.63, 3.8) is 0 Å². The summed E-state index contributed by atoms with van der Waals surface area (Å²) < 4.78 is 0. The molecule has 1 aromatic carbocycles. The van der Waals surface area contributed by atoms with E-state index in [9.17, 15) is 0 Å². The predicted octanol–water partition coefficient (Wildman–Crippen LogP) is 2.80. The molecule has 0 atom stereocenters. The van der Waals surface area contributed by atoms with Gasteiger partial charge in [-0.15, -0.1) is 0 Å². The van der Waals surface area contributed by atoms with Crippen LogP contribution in [0, 0.1) is 0 Å². The summed E-state index contributed by atoms with van der Waals surface area (Å²) in [6, 6.07) is 10.1.